The highest BCUT2D eigenvalue weighted by Gasteiger charge is 2.13. The first-order chi connectivity index (χ1) is 8.25. The minimum absolute atomic E-state index is 0.298. The van der Waals surface area contributed by atoms with Gasteiger partial charge in [-0.1, -0.05) is 12.1 Å². The lowest BCUT2D eigenvalue weighted by atomic mass is 10.1. The molecule has 0 amide bonds. The van der Waals surface area contributed by atoms with Gasteiger partial charge in [0.25, 0.3) is 0 Å². The van der Waals surface area contributed by atoms with Crippen LogP contribution in [0.1, 0.15) is 18.1 Å². The first-order valence-corrected chi connectivity index (χ1v) is 5.99. The zero-order valence-corrected chi connectivity index (χ0v) is 9.81. The van der Waals surface area contributed by atoms with Crippen LogP contribution in [-0.4, -0.2) is 42.9 Å². The lowest BCUT2D eigenvalue weighted by molar-refractivity contribution is 0.0300. The van der Waals surface area contributed by atoms with Crippen LogP contribution in [0.4, 0.5) is 4.39 Å². The third-order valence-electron chi connectivity index (χ3n) is 3.06. The van der Waals surface area contributed by atoms with Crippen molar-refractivity contribution in [3.63, 3.8) is 0 Å². The maximum atomic E-state index is 13.0. The molecule has 1 aromatic rings. The van der Waals surface area contributed by atoms with E-state index in [1.165, 1.54) is 12.1 Å². The summed E-state index contributed by atoms with van der Waals surface area (Å²) in [5, 5.41) is 9.95. The number of nitrogens with zero attached hydrogens (tertiary/aromatic N) is 1. The van der Waals surface area contributed by atoms with Crippen molar-refractivity contribution in [2.45, 2.75) is 12.5 Å². The number of hydrogen-bond donors (Lipinski definition) is 1. The first kappa shape index (κ1) is 12.5. The molecule has 0 bridgehead atoms. The molecule has 1 fully saturated rings. The number of benzene rings is 1. The molecule has 0 spiro atoms. The molecule has 1 N–H and O–H groups in total. The van der Waals surface area contributed by atoms with Crippen molar-refractivity contribution in [1.29, 1.82) is 0 Å². The second-order valence-electron chi connectivity index (χ2n) is 4.31. The lowest BCUT2D eigenvalue weighted by Crippen LogP contribution is -2.37. The average Bonchev–Trinajstić information content (AvgIpc) is 2.37. The van der Waals surface area contributed by atoms with Crippen LogP contribution in [0.2, 0.25) is 0 Å². The van der Waals surface area contributed by atoms with Crippen LogP contribution in [0.3, 0.4) is 0 Å². The van der Waals surface area contributed by atoms with Gasteiger partial charge < -0.3 is 9.84 Å². The summed E-state index contributed by atoms with van der Waals surface area (Å²) >= 11 is 0. The summed E-state index contributed by atoms with van der Waals surface area (Å²) in [6, 6.07) is 6.16. The van der Waals surface area contributed by atoms with Gasteiger partial charge in [0.05, 0.1) is 19.3 Å². The fourth-order valence-electron chi connectivity index (χ4n) is 2.01. The van der Waals surface area contributed by atoms with Crippen LogP contribution < -0.4 is 0 Å². The Kier molecular flexibility index (Phi) is 4.48. The summed E-state index contributed by atoms with van der Waals surface area (Å²) in [4.78, 5) is 2.26. The number of ether oxygens (including phenoxy) is 1. The number of morpholine rings is 1. The van der Waals surface area contributed by atoms with Crippen molar-refractivity contribution in [2.24, 2.45) is 0 Å². The van der Waals surface area contributed by atoms with E-state index in [4.69, 9.17) is 4.74 Å². The number of aliphatic hydroxyl groups is 1. The summed E-state index contributed by atoms with van der Waals surface area (Å²) < 4.78 is 18.2. The van der Waals surface area contributed by atoms with Gasteiger partial charge in [-0.05, 0) is 24.1 Å². The van der Waals surface area contributed by atoms with E-state index in [1.807, 2.05) is 0 Å². The third kappa shape index (κ3) is 3.77. The van der Waals surface area contributed by atoms with Crippen LogP contribution >= 0.6 is 0 Å². The van der Waals surface area contributed by atoms with Gasteiger partial charge >= 0.3 is 0 Å². The van der Waals surface area contributed by atoms with Crippen molar-refractivity contribution >= 4 is 0 Å². The van der Waals surface area contributed by atoms with E-state index >= 15 is 0 Å². The number of aliphatic hydroxyl groups excluding tert-OH is 1. The smallest absolute Gasteiger partial charge is 0.123 e. The molecule has 1 aromatic carbocycles. The van der Waals surface area contributed by atoms with Crippen molar-refractivity contribution in [2.75, 3.05) is 32.8 Å². The molecule has 0 aromatic heterocycles. The fourth-order valence-corrected chi connectivity index (χ4v) is 2.01. The summed E-state index contributed by atoms with van der Waals surface area (Å²) in [5.74, 6) is -0.298. The van der Waals surface area contributed by atoms with Crippen molar-refractivity contribution in [3.05, 3.63) is 35.6 Å². The van der Waals surface area contributed by atoms with E-state index in [2.05, 4.69) is 4.90 Å². The molecule has 1 aliphatic heterocycles. The quantitative estimate of drug-likeness (QED) is 0.866. The Balaban J connectivity index is 1.82. The van der Waals surface area contributed by atoms with Gasteiger partial charge in [0.15, 0.2) is 0 Å². The molecule has 1 unspecified atom stereocenters. The van der Waals surface area contributed by atoms with E-state index in [9.17, 15) is 9.50 Å². The van der Waals surface area contributed by atoms with Gasteiger partial charge in [0.1, 0.15) is 5.82 Å². The van der Waals surface area contributed by atoms with Gasteiger partial charge in [-0.2, -0.15) is 0 Å². The molecular weight excluding hydrogens is 221 g/mol. The van der Waals surface area contributed by atoms with Gasteiger partial charge in [-0.15, -0.1) is 0 Å². The highest BCUT2D eigenvalue weighted by atomic mass is 19.1. The Bertz CT molecular complexity index is 353. The molecule has 2 rings (SSSR count). The van der Waals surface area contributed by atoms with Gasteiger partial charge in [0, 0.05) is 19.6 Å². The van der Waals surface area contributed by atoms with E-state index in [1.54, 1.807) is 12.1 Å². The lowest BCUT2D eigenvalue weighted by Gasteiger charge is -2.27. The summed E-state index contributed by atoms with van der Waals surface area (Å²) in [6.07, 6.45) is 0.0391. The Morgan fingerprint density at radius 3 is 2.82 bits per heavy atom. The number of hydrogen-bond acceptors (Lipinski definition) is 3. The fraction of sp³-hybridized carbons (Fsp3) is 0.538. The molecule has 94 valence electrons. The zero-order chi connectivity index (χ0) is 12.1. The normalized spacial score (nSPS) is 19.2. The van der Waals surface area contributed by atoms with Crippen LogP contribution in [0.15, 0.2) is 24.3 Å². The number of rotatable bonds is 4. The first-order valence-electron chi connectivity index (χ1n) is 5.99. The van der Waals surface area contributed by atoms with E-state index < -0.39 is 6.10 Å². The predicted octanol–water partition coefficient (Wildman–Crippen LogP) is 1.58. The minimum Gasteiger partial charge on any atom is -0.388 e. The van der Waals surface area contributed by atoms with Gasteiger partial charge in [-0.25, -0.2) is 4.39 Å². The second kappa shape index (κ2) is 6.10. The molecule has 1 atom stereocenters. The molecule has 3 nitrogen and oxygen atoms in total. The largest absolute Gasteiger partial charge is 0.388 e. The molecule has 4 heteroatoms. The van der Waals surface area contributed by atoms with Crippen LogP contribution in [0.25, 0.3) is 0 Å². The van der Waals surface area contributed by atoms with Crippen molar-refractivity contribution in [3.8, 4) is 0 Å². The Hall–Kier alpha value is -0.970. The molecule has 0 aliphatic carbocycles. The number of halogens is 1. The summed E-state index contributed by atoms with van der Waals surface area (Å²) in [6.45, 7) is 4.17. The van der Waals surface area contributed by atoms with Crippen LogP contribution in [-0.2, 0) is 4.74 Å². The van der Waals surface area contributed by atoms with E-state index in [0.29, 0.717) is 12.0 Å². The van der Waals surface area contributed by atoms with Crippen molar-refractivity contribution in [1.82, 2.24) is 4.90 Å². The molecule has 0 saturated carbocycles. The van der Waals surface area contributed by atoms with Crippen molar-refractivity contribution < 1.29 is 14.2 Å². The average molecular weight is 239 g/mol. The summed E-state index contributed by atoms with van der Waals surface area (Å²) in [7, 11) is 0. The molecular formula is C13H18FNO2. The van der Waals surface area contributed by atoms with Gasteiger partial charge in [0.2, 0.25) is 0 Å². The zero-order valence-electron chi connectivity index (χ0n) is 9.81. The monoisotopic (exact) mass is 239 g/mol. The molecule has 0 radical (unpaired) electrons. The third-order valence-corrected chi connectivity index (χ3v) is 3.06. The predicted molar refractivity (Wildman–Crippen MR) is 63.2 cm³/mol. The molecule has 1 aliphatic rings. The highest BCUT2D eigenvalue weighted by molar-refractivity contribution is 5.18. The minimum atomic E-state index is -0.589. The topological polar surface area (TPSA) is 32.7 Å². The SMILES string of the molecule is OC(CCN1CCOCC1)c1cccc(F)c1. The highest BCUT2D eigenvalue weighted by Crippen LogP contribution is 2.18. The Morgan fingerprint density at radius 1 is 1.35 bits per heavy atom. The van der Waals surface area contributed by atoms with E-state index in [-0.39, 0.29) is 5.82 Å². The maximum absolute atomic E-state index is 13.0. The maximum Gasteiger partial charge on any atom is 0.123 e. The summed E-state index contributed by atoms with van der Waals surface area (Å²) in [5.41, 5.74) is 0.651. The van der Waals surface area contributed by atoms with Crippen LogP contribution in [0.5, 0.6) is 0 Å². The van der Waals surface area contributed by atoms with E-state index in [0.717, 1.165) is 32.8 Å². The molecule has 1 saturated heterocycles. The molecule has 17 heavy (non-hydrogen) atoms. The van der Waals surface area contributed by atoms with Gasteiger partial charge in [-0.3, -0.25) is 4.90 Å². The second-order valence-corrected chi connectivity index (χ2v) is 4.31. The van der Waals surface area contributed by atoms with Crippen LogP contribution in [0, 0.1) is 5.82 Å². The standard InChI is InChI=1S/C13H18FNO2/c14-12-3-1-2-11(10-12)13(16)4-5-15-6-8-17-9-7-15/h1-3,10,13,16H,4-9H2. The molecule has 1 heterocycles. The Labute approximate surface area is 101 Å². The Morgan fingerprint density at radius 2 is 2.12 bits per heavy atom.